The van der Waals surface area contributed by atoms with Gasteiger partial charge < -0.3 is 14.5 Å². The number of aromatic nitrogens is 5. The van der Waals surface area contributed by atoms with Crippen LogP contribution < -0.4 is 4.90 Å². The summed E-state index contributed by atoms with van der Waals surface area (Å²) < 4.78 is 48.3. The molecule has 2 aromatic heterocycles. The quantitative estimate of drug-likeness (QED) is 0.469. The molecule has 34 heavy (non-hydrogen) atoms. The minimum Gasteiger partial charge on any atom is -0.438 e. The summed E-state index contributed by atoms with van der Waals surface area (Å²) in [5.74, 6) is -0.311. The van der Waals surface area contributed by atoms with Gasteiger partial charge in [-0.1, -0.05) is 6.07 Å². The molecular weight excluding hydrogens is 477 g/mol. The number of amides is 1. The molecule has 3 aromatic rings. The summed E-state index contributed by atoms with van der Waals surface area (Å²) in [4.78, 5) is 36.3. The fourth-order valence-corrected chi connectivity index (χ4v) is 3.81. The minimum absolute atomic E-state index is 0.0719. The van der Waals surface area contributed by atoms with Crippen LogP contribution in [0.15, 0.2) is 36.5 Å². The molecule has 1 aliphatic heterocycles. The van der Waals surface area contributed by atoms with Gasteiger partial charge in [0.1, 0.15) is 11.5 Å². The van der Waals surface area contributed by atoms with E-state index in [9.17, 15) is 18.1 Å². The largest absolute Gasteiger partial charge is 0.472 e. The Bertz CT molecular complexity index is 1280. The summed E-state index contributed by atoms with van der Waals surface area (Å²) in [7, 11) is -5.12. The predicted octanol–water partition coefficient (Wildman–Crippen LogP) is 2.61. The van der Waals surface area contributed by atoms with E-state index in [1.54, 1.807) is 16.9 Å². The van der Waals surface area contributed by atoms with Gasteiger partial charge in [-0.3, -0.25) is 9.88 Å². The lowest BCUT2D eigenvalue weighted by atomic mass is 10.1. The Morgan fingerprint density at radius 3 is 2.68 bits per heavy atom. The Morgan fingerprint density at radius 2 is 2.03 bits per heavy atom. The number of hydrogen-bond acceptors (Lipinski definition) is 8. The maximum Gasteiger partial charge on any atom is 0.472 e. The van der Waals surface area contributed by atoms with Gasteiger partial charge in [0.25, 0.3) is 0 Å². The maximum absolute atomic E-state index is 14.9. The van der Waals surface area contributed by atoms with Crippen molar-refractivity contribution < 1.29 is 37.2 Å². The molecule has 0 bridgehead atoms. The van der Waals surface area contributed by atoms with Crippen molar-refractivity contribution in [3.63, 3.8) is 0 Å². The smallest absolute Gasteiger partial charge is 0.438 e. The summed E-state index contributed by atoms with van der Waals surface area (Å²) in [6.07, 6.45) is -1.66. The van der Waals surface area contributed by atoms with E-state index in [1.165, 1.54) is 18.3 Å². The summed E-state index contributed by atoms with van der Waals surface area (Å²) in [6.45, 7) is -0.427. The number of anilines is 1. The lowest BCUT2D eigenvalue weighted by Crippen LogP contribution is -2.29. The average molecular weight is 494 g/mol. The number of hydrogen-bond donors (Lipinski definition) is 2. The van der Waals surface area contributed by atoms with E-state index in [-0.39, 0.29) is 17.3 Å². The van der Waals surface area contributed by atoms with Crippen LogP contribution in [-0.2, 0) is 13.8 Å². The van der Waals surface area contributed by atoms with Crippen LogP contribution in [0.5, 0.6) is 0 Å². The molecule has 2 N–H and O–H groups in total. The number of carbonyl (C=O) groups excluding carboxylic acids is 1. The number of rotatable bonds is 7. The van der Waals surface area contributed by atoms with Gasteiger partial charge in [0.15, 0.2) is 6.10 Å². The van der Waals surface area contributed by atoms with Crippen LogP contribution in [0.4, 0.5) is 19.3 Å². The molecule has 5 rings (SSSR count). The number of phosphoric ester groups is 1. The molecule has 0 spiro atoms. The van der Waals surface area contributed by atoms with E-state index in [1.807, 2.05) is 0 Å². The zero-order valence-electron chi connectivity index (χ0n) is 17.2. The van der Waals surface area contributed by atoms with Gasteiger partial charge in [0.05, 0.1) is 18.3 Å². The van der Waals surface area contributed by atoms with Crippen LogP contribution in [-0.4, -0.2) is 60.1 Å². The Labute approximate surface area is 190 Å². The van der Waals surface area contributed by atoms with Crippen LogP contribution in [0.1, 0.15) is 18.9 Å². The molecule has 3 heterocycles. The number of alkyl halides is 1. The van der Waals surface area contributed by atoms with Crippen LogP contribution in [0.25, 0.3) is 22.6 Å². The predicted molar refractivity (Wildman–Crippen MR) is 110 cm³/mol. The van der Waals surface area contributed by atoms with Crippen molar-refractivity contribution in [2.75, 3.05) is 11.4 Å². The molecule has 12 nitrogen and oxygen atoms in total. The number of tetrazole rings is 1. The van der Waals surface area contributed by atoms with Gasteiger partial charge in [-0.15, -0.1) is 10.2 Å². The minimum atomic E-state index is -5.12. The molecule has 1 saturated carbocycles. The summed E-state index contributed by atoms with van der Waals surface area (Å²) in [6, 6.07) is 7.48. The average Bonchev–Trinajstić information content (AvgIpc) is 3.37. The highest BCUT2D eigenvalue weighted by molar-refractivity contribution is 7.46. The number of pyridine rings is 1. The summed E-state index contributed by atoms with van der Waals surface area (Å²) in [5.41, 5.74) is 1.22. The number of cyclic esters (lactones) is 1. The topological polar surface area (TPSA) is 153 Å². The number of carbonyl (C=O) groups is 1. The molecule has 0 radical (unpaired) electrons. The van der Waals surface area contributed by atoms with Crippen molar-refractivity contribution in [2.45, 2.75) is 31.3 Å². The number of nitrogens with zero attached hydrogens (tertiary/aromatic N) is 6. The van der Waals surface area contributed by atoms with E-state index < -0.39 is 38.7 Å². The van der Waals surface area contributed by atoms with Gasteiger partial charge in [0, 0.05) is 17.3 Å². The Hall–Kier alpha value is -3.32. The van der Waals surface area contributed by atoms with Gasteiger partial charge in [0.2, 0.25) is 12.2 Å². The van der Waals surface area contributed by atoms with Crippen molar-refractivity contribution in [1.82, 2.24) is 25.2 Å². The molecule has 2 fully saturated rings. The molecule has 1 saturated heterocycles. The van der Waals surface area contributed by atoms with E-state index in [0.717, 1.165) is 23.8 Å². The number of phosphoric acid groups is 1. The highest BCUT2D eigenvalue weighted by Gasteiger charge is 2.41. The van der Waals surface area contributed by atoms with Crippen LogP contribution in [0.3, 0.4) is 0 Å². The zero-order valence-corrected chi connectivity index (χ0v) is 18.1. The fourth-order valence-electron chi connectivity index (χ4n) is 3.41. The van der Waals surface area contributed by atoms with E-state index in [4.69, 9.17) is 14.5 Å². The second-order valence-corrected chi connectivity index (χ2v) is 8.93. The Morgan fingerprint density at radius 1 is 1.24 bits per heavy atom. The fraction of sp³-hybridized carbons (Fsp3) is 0.316. The van der Waals surface area contributed by atoms with E-state index in [0.29, 0.717) is 17.1 Å². The van der Waals surface area contributed by atoms with Crippen molar-refractivity contribution in [1.29, 1.82) is 0 Å². The van der Waals surface area contributed by atoms with E-state index >= 15 is 0 Å². The number of benzene rings is 1. The molecule has 1 aliphatic carbocycles. The van der Waals surface area contributed by atoms with Gasteiger partial charge in [-0.05, 0) is 42.3 Å². The Balaban J connectivity index is 1.30. The second kappa shape index (κ2) is 8.47. The summed E-state index contributed by atoms with van der Waals surface area (Å²) in [5, 5.41) is 12.3. The SMILES string of the molecule is O=C1O[C@H](C(F)OP(=O)(O)O)CN1c1ccc(-c2ccc(-c3nnn(C4CC4)n3)nc2)c(F)c1. The third kappa shape index (κ3) is 4.66. The van der Waals surface area contributed by atoms with Crippen molar-refractivity contribution >= 4 is 19.6 Å². The standard InChI is InChI=1S/C19H17F2N6O6P/c20-14-7-12(26-9-16(32-19(26)28)17(21)33-34(29,30)31)4-5-13(14)10-1-6-15(22-8-10)18-23-25-27(24-18)11-2-3-11/h1,4-8,11,16-17H,2-3,9H2,(H2,29,30,31)/t16-,17?/m0/s1. The number of ether oxygens (including phenoxy) is 1. The molecule has 1 unspecified atom stereocenters. The first-order valence-corrected chi connectivity index (χ1v) is 11.6. The van der Waals surface area contributed by atoms with Crippen LogP contribution in [0, 0.1) is 5.82 Å². The highest BCUT2D eigenvalue weighted by atomic mass is 31.2. The molecular formula is C19H17F2N6O6P. The van der Waals surface area contributed by atoms with Crippen LogP contribution >= 0.6 is 7.82 Å². The molecule has 15 heteroatoms. The molecule has 1 aromatic carbocycles. The third-order valence-corrected chi connectivity index (χ3v) is 5.71. The van der Waals surface area contributed by atoms with Crippen molar-refractivity contribution in [3.05, 3.63) is 42.3 Å². The van der Waals surface area contributed by atoms with Crippen molar-refractivity contribution in [3.8, 4) is 22.6 Å². The number of halogens is 2. The highest BCUT2D eigenvalue weighted by Crippen LogP contribution is 2.40. The van der Waals surface area contributed by atoms with Crippen LogP contribution in [0.2, 0.25) is 0 Å². The molecule has 178 valence electrons. The maximum atomic E-state index is 14.9. The van der Waals surface area contributed by atoms with Gasteiger partial charge in [-0.2, -0.15) is 4.80 Å². The molecule has 1 amide bonds. The zero-order chi connectivity index (χ0) is 24.0. The Kier molecular flexibility index (Phi) is 5.60. The normalized spacial score (nSPS) is 19.4. The third-order valence-electron chi connectivity index (χ3n) is 5.24. The monoisotopic (exact) mass is 494 g/mol. The van der Waals surface area contributed by atoms with Gasteiger partial charge >= 0.3 is 13.9 Å². The second-order valence-electron chi connectivity index (χ2n) is 7.74. The first-order valence-electron chi connectivity index (χ1n) is 10.1. The molecule has 2 atom stereocenters. The van der Waals surface area contributed by atoms with E-state index in [2.05, 4.69) is 24.9 Å². The lowest BCUT2D eigenvalue weighted by Gasteiger charge is -2.16. The first kappa shape index (κ1) is 22.5. The van der Waals surface area contributed by atoms with Gasteiger partial charge in [-0.25, -0.2) is 22.7 Å². The molecule has 2 aliphatic rings. The summed E-state index contributed by atoms with van der Waals surface area (Å²) >= 11 is 0. The van der Waals surface area contributed by atoms with Crippen molar-refractivity contribution in [2.24, 2.45) is 0 Å². The first-order chi connectivity index (χ1) is 16.2. The lowest BCUT2D eigenvalue weighted by molar-refractivity contribution is -0.0470.